The quantitative estimate of drug-likeness (QED) is 0.462. The number of rotatable bonds is 4. The van der Waals surface area contributed by atoms with E-state index in [1.807, 2.05) is 6.07 Å². The standard InChI is InChI=1S/C11H14N2O2S/c12-6-7-5-8(13)1-2-9(7)11(15)10(14)3-4-16/h1-2,5,10-11,14-16H,3-4,13H2. The Kier molecular flexibility index (Phi) is 4.62. The minimum absolute atomic E-state index is 0.283. The first-order valence-corrected chi connectivity index (χ1v) is 5.50. The van der Waals surface area contributed by atoms with Crippen molar-refractivity contribution >= 4 is 18.3 Å². The third kappa shape index (κ3) is 2.89. The number of anilines is 1. The molecule has 0 saturated carbocycles. The molecule has 5 heteroatoms. The van der Waals surface area contributed by atoms with Gasteiger partial charge in [0.25, 0.3) is 0 Å². The summed E-state index contributed by atoms with van der Waals surface area (Å²) in [5.41, 5.74) is 6.66. The fourth-order valence-corrected chi connectivity index (χ4v) is 1.69. The lowest BCUT2D eigenvalue weighted by Crippen LogP contribution is -2.19. The van der Waals surface area contributed by atoms with Crippen molar-refractivity contribution in [1.82, 2.24) is 0 Å². The molecule has 0 saturated heterocycles. The molecule has 0 amide bonds. The van der Waals surface area contributed by atoms with Crippen LogP contribution >= 0.6 is 12.6 Å². The van der Waals surface area contributed by atoms with E-state index in [2.05, 4.69) is 12.6 Å². The molecular weight excluding hydrogens is 224 g/mol. The van der Waals surface area contributed by atoms with Crippen LogP contribution < -0.4 is 5.73 Å². The third-order valence-electron chi connectivity index (χ3n) is 2.31. The van der Waals surface area contributed by atoms with E-state index >= 15 is 0 Å². The molecule has 0 heterocycles. The van der Waals surface area contributed by atoms with E-state index in [1.165, 1.54) is 6.07 Å². The minimum Gasteiger partial charge on any atom is -0.399 e. The van der Waals surface area contributed by atoms with Crippen molar-refractivity contribution in [3.8, 4) is 6.07 Å². The van der Waals surface area contributed by atoms with Gasteiger partial charge in [0.05, 0.1) is 17.7 Å². The van der Waals surface area contributed by atoms with Crippen molar-refractivity contribution in [3.05, 3.63) is 29.3 Å². The Morgan fingerprint density at radius 3 is 2.69 bits per heavy atom. The molecule has 0 aromatic heterocycles. The monoisotopic (exact) mass is 238 g/mol. The molecule has 2 atom stereocenters. The molecule has 0 fully saturated rings. The average Bonchev–Trinajstić information content (AvgIpc) is 2.28. The van der Waals surface area contributed by atoms with Gasteiger partial charge in [-0.2, -0.15) is 17.9 Å². The van der Waals surface area contributed by atoms with E-state index in [9.17, 15) is 10.2 Å². The van der Waals surface area contributed by atoms with Crippen LogP contribution in [0.15, 0.2) is 18.2 Å². The van der Waals surface area contributed by atoms with Crippen molar-refractivity contribution in [1.29, 1.82) is 5.26 Å². The first-order valence-electron chi connectivity index (χ1n) is 4.86. The van der Waals surface area contributed by atoms with Gasteiger partial charge in [-0.05, 0) is 24.3 Å². The van der Waals surface area contributed by atoms with Crippen LogP contribution in [0.4, 0.5) is 5.69 Å². The maximum absolute atomic E-state index is 9.85. The maximum Gasteiger partial charge on any atom is 0.106 e. The second-order valence-corrected chi connectivity index (χ2v) is 3.93. The van der Waals surface area contributed by atoms with E-state index in [1.54, 1.807) is 12.1 Å². The van der Waals surface area contributed by atoms with Crippen molar-refractivity contribution in [2.75, 3.05) is 11.5 Å². The molecule has 4 N–H and O–H groups in total. The molecule has 1 aromatic carbocycles. The highest BCUT2D eigenvalue weighted by Crippen LogP contribution is 2.24. The zero-order chi connectivity index (χ0) is 12.1. The molecule has 0 bridgehead atoms. The van der Waals surface area contributed by atoms with E-state index in [0.717, 1.165) is 0 Å². The molecular formula is C11H14N2O2S. The molecule has 16 heavy (non-hydrogen) atoms. The molecule has 0 radical (unpaired) electrons. The van der Waals surface area contributed by atoms with E-state index < -0.39 is 12.2 Å². The van der Waals surface area contributed by atoms with Crippen LogP contribution in [0.1, 0.15) is 23.7 Å². The van der Waals surface area contributed by atoms with Crippen molar-refractivity contribution in [3.63, 3.8) is 0 Å². The number of aliphatic hydroxyl groups is 2. The minimum atomic E-state index is -1.08. The topological polar surface area (TPSA) is 90.3 Å². The molecule has 0 aliphatic heterocycles. The van der Waals surface area contributed by atoms with Crippen LogP contribution in [-0.2, 0) is 0 Å². The highest BCUT2D eigenvalue weighted by atomic mass is 32.1. The fraction of sp³-hybridized carbons (Fsp3) is 0.364. The molecule has 2 unspecified atom stereocenters. The van der Waals surface area contributed by atoms with Gasteiger partial charge in [0, 0.05) is 11.3 Å². The van der Waals surface area contributed by atoms with Crippen LogP contribution in [0, 0.1) is 11.3 Å². The van der Waals surface area contributed by atoms with Gasteiger partial charge in [-0.3, -0.25) is 0 Å². The Morgan fingerprint density at radius 2 is 2.12 bits per heavy atom. The number of nitrogens with two attached hydrogens (primary N) is 1. The van der Waals surface area contributed by atoms with Gasteiger partial charge < -0.3 is 15.9 Å². The Labute approximate surface area is 99.7 Å². The molecule has 0 aliphatic carbocycles. The summed E-state index contributed by atoms with van der Waals surface area (Å²) in [5, 5.41) is 28.4. The predicted octanol–water partition coefficient (Wildman–Crippen LogP) is 0.855. The lowest BCUT2D eigenvalue weighted by molar-refractivity contribution is 0.0171. The second-order valence-electron chi connectivity index (χ2n) is 3.48. The van der Waals surface area contributed by atoms with E-state index in [-0.39, 0.29) is 5.56 Å². The Hall–Kier alpha value is -1.22. The number of benzene rings is 1. The summed E-state index contributed by atoms with van der Waals surface area (Å²) in [7, 11) is 0. The van der Waals surface area contributed by atoms with Crippen molar-refractivity contribution in [2.45, 2.75) is 18.6 Å². The smallest absolute Gasteiger partial charge is 0.106 e. The van der Waals surface area contributed by atoms with Crippen LogP contribution in [-0.4, -0.2) is 22.1 Å². The normalized spacial score (nSPS) is 14.1. The summed E-state index contributed by atoms with van der Waals surface area (Å²) >= 11 is 3.98. The predicted molar refractivity (Wildman–Crippen MR) is 65.0 cm³/mol. The lowest BCUT2D eigenvalue weighted by Gasteiger charge is -2.18. The highest BCUT2D eigenvalue weighted by Gasteiger charge is 2.20. The summed E-state index contributed by atoms with van der Waals surface area (Å²) in [6, 6.07) is 6.57. The van der Waals surface area contributed by atoms with Gasteiger partial charge in [-0.25, -0.2) is 0 Å². The average molecular weight is 238 g/mol. The van der Waals surface area contributed by atoms with Gasteiger partial charge >= 0.3 is 0 Å². The molecule has 0 aliphatic rings. The zero-order valence-electron chi connectivity index (χ0n) is 8.67. The Balaban J connectivity index is 2.99. The summed E-state index contributed by atoms with van der Waals surface area (Å²) in [4.78, 5) is 0. The third-order valence-corrected chi connectivity index (χ3v) is 2.56. The van der Waals surface area contributed by atoms with Crippen LogP contribution in [0.5, 0.6) is 0 Å². The molecule has 86 valence electrons. The van der Waals surface area contributed by atoms with Gasteiger partial charge in [0.15, 0.2) is 0 Å². The van der Waals surface area contributed by atoms with E-state index in [0.29, 0.717) is 23.4 Å². The Bertz CT molecular complexity index is 403. The summed E-state index contributed by atoms with van der Waals surface area (Å²) in [6.45, 7) is 0. The number of hydrogen-bond donors (Lipinski definition) is 4. The highest BCUT2D eigenvalue weighted by molar-refractivity contribution is 7.80. The molecule has 0 spiro atoms. The maximum atomic E-state index is 9.85. The first kappa shape index (κ1) is 12.8. The van der Waals surface area contributed by atoms with Crippen LogP contribution in [0.2, 0.25) is 0 Å². The van der Waals surface area contributed by atoms with E-state index in [4.69, 9.17) is 11.0 Å². The largest absolute Gasteiger partial charge is 0.399 e. The number of thiol groups is 1. The number of hydrogen-bond acceptors (Lipinski definition) is 5. The molecule has 4 nitrogen and oxygen atoms in total. The number of nitrogen functional groups attached to an aromatic ring is 1. The Morgan fingerprint density at radius 1 is 1.44 bits per heavy atom. The van der Waals surface area contributed by atoms with Gasteiger partial charge in [-0.1, -0.05) is 6.07 Å². The second kappa shape index (κ2) is 5.75. The number of nitriles is 1. The summed E-state index contributed by atoms with van der Waals surface area (Å²) < 4.78 is 0. The van der Waals surface area contributed by atoms with Gasteiger partial charge in [0.2, 0.25) is 0 Å². The van der Waals surface area contributed by atoms with Crippen molar-refractivity contribution < 1.29 is 10.2 Å². The van der Waals surface area contributed by atoms with Crippen LogP contribution in [0.3, 0.4) is 0 Å². The van der Waals surface area contributed by atoms with Gasteiger partial charge in [-0.15, -0.1) is 0 Å². The summed E-state index contributed by atoms with van der Waals surface area (Å²) in [6.07, 6.45) is -1.64. The molecule has 1 aromatic rings. The molecule has 1 rings (SSSR count). The van der Waals surface area contributed by atoms with Crippen molar-refractivity contribution in [2.24, 2.45) is 0 Å². The first-order chi connectivity index (χ1) is 7.60. The lowest BCUT2D eigenvalue weighted by atomic mass is 9.97. The van der Waals surface area contributed by atoms with Crippen LogP contribution in [0.25, 0.3) is 0 Å². The number of aliphatic hydroxyl groups excluding tert-OH is 2. The SMILES string of the molecule is N#Cc1cc(N)ccc1C(O)C(O)CCS. The number of nitrogens with zero attached hydrogens (tertiary/aromatic N) is 1. The zero-order valence-corrected chi connectivity index (χ0v) is 9.56. The van der Waals surface area contributed by atoms with Gasteiger partial charge in [0.1, 0.15) is 6.10 Å². The fourth-order valence-electron chi connectivity index (χ4n) is 1.43. The summed E-state index contributed by atoms with van der Waals surface area (Å²) in [5.74, 6) is 0.467.